The van der Waals surface area contributed by atoms with Crippen LogP contribution in [0, 0.1) is 18.6 Å². The summed E-state index contributed by atoms with van der Waals surface area (Å²) in [5.41, 5.74) is 6.95. The Kier molecular flexibility index (Phi) is 4.12. The molecule has 2 rings (SSSR count). The number of nitrogens with two attached hydrogens (primary N) is 1. The smallest absolute Gasteiger partial charge is 0.136 e. The van der Waals surface area contributed by atoms with Crippen LogP contribution in [0.4, 0.5) is 8.78 Å². The molecule has 0 aromatic heterocycles. The van der Waals surface area contributed by atoms with Crippen molar-refractivity contribution in [3.05, 3.63) is 65.2 Å². The number of hydrogen-bond acceptors (Lipinski definition) is 2. The van der Waals surface area contributed by atoms with Crippen LogP contribution in [-0.4, -0.2) is 6.54 Å². The Balaban J connectivity index is 2.18. The zero-order valence-electron chi connectivity index (χ0n) is 10.6. The molecule has 4 heteroatoms. The van der Waals surface area contributed by atoms with Gasteiger partial charge in [-0.25, -0.2) is 8.78 Å². The van der Waals surface area contributed by atoms with Crippen LogP contribution in [-0.2, 0) is 0 Å². The minimum absolute atomic E-state index is 0.223. The zero-order chi connectivity index (χ0) is 13.8. The summed E-state index contributed by atoms with van der Waals surface area (Å²) in [6.45, 7) is 1.90. The first-order valence-corrected chi connectivity index (χ1v) is 5.98. The first-order chi connectivity index (χ1) is 9.10. The molecule has 0 spiro atoms. The van der Waals surface area contributed by atoms with Crippen molar-refractivity contribution in [3.63, 3.8) is 0 Å². The van der Waals surface area contributed by atoms with Crippen molar-refractivity contribution in [3.8, 4) is 5.75 Å². The third-order valence-electron chi connectivity index (χ3n) is 2.88. The third kappa shape index (κ3) is 3.29. The maximum atomic E-state index is 13.4. The van der Waals surface area contributed by atoms with Crippen molar-refractivity contribution >= 4 is 0 Å². The lowest BCUT2D eigenvalue weighted by molar-refractivity contribution is 0.213. The molecule has 2 aromatic rings. The Morgan fingerprint density at radius 2 is 1.79 bits per heavy atom. The molecule has 0 saturated carbocycles. The summed E-state index contributed by atoms with van der Waals surface area (Å²) >= 11 is 0. The van der Waals surface area contributed by atoms with E-state index in [9.17, 15) is 8.78 Å². The number of rotatable bonds is 4. The maximum Gasteiger partial charge on any atom is 0.136 e. The highest BCUT2D eigenvalue weighted by molar-refractivity contribution is 5.29. The fraction of sp³-hybridized carbons (Fsp3) is 0.200. The molecule has 0 aliphatic heterocycles. The topological polar surface area (TPSA) is 35.2 Å². The number of benzene rings is 2. The molecule has 0 bridgehead atoms. The molecule has 2 aromatic carbocycles. The van der Waals surface area contributed by atoms with Gasteiger partial charge in [-0.15, -0.1) is 0 Å². The van der Waals surface area contributed by atoms with Gasteiger partial charge in [-0.3, -0.25) is 0 Å². The Labute approximate surface area is 110 Å². The minimum Gasteiger partial charge on any atom is -0.484 e. The molecule has 0 aliphatic carbocycles. The summed E-state index contributed by atoms with van der Waals surface area (Å²) in [6, 6.07) is 10.6. The second kappa shape index (κ2) is 5.80. The van der Waals surface area contributed by atoms with Gasteiger partial charge in [0.25, 0.3) is 0 Å². The summed E-state index contributed by atoms with van der Waals surface area (Å²) in [7, 11) is 0. The second-order valence-corrected chi connectivity index (χ2v) is 4.30. The molecule has 0 heterocycles. The monoisotopic (exact) mass is 263 g/mol. The lowest BCUT2D eigenvalue weighted by Gasteiger charge is -2.18. The van der Waals surface area contributed by atoms with Gasteiger partial charge in [0.15, 0.2) is 0 Å². The van der Waals surface area contributed by atoms with Gasteiger partial charge in [-0.05, 0) is 36.2 Å². The molecule has 0 fully saturated rings. The molecule has 0 saturated heterocycles. The third-order valence-corrected chi connectivity index (χ3v) is 2.88. The second-order valence-electron chi connectivity index (χ2n) is 4.30. The van der Waals surface area contributed by atoms with E-state index in [1.165, 1.54) is 18.2 Å². The summed E-state index contributed by atoms with van der Waals surface area (Å²) in [5.74, 6) is -0.240. The minimum atomic E-state index is -0.428. The molecule has 1 atom stereocenters. The summed E-state index contributed by atoms with van der Waals surface area (Å²) in [5, 5.41) is 0. The summed E-state index contributed by atoms with van der Waals surface area (Å²) in [4.78, 5) is 0. The molecule has 0 radical (unpaired) electrons. The van der Waals surface area contributed by atoms with Crippen LogP contribution in [0.2, 0.25) is 0 Å². The molecule has 0 amide bonds. The van der Waals surface area contributed by atoms with Crippen LogP contribution in [0.5, 0.6) is 5.75 Å². The average molecular weight is 263 g/mol. The van der Waals surface area contributed by atoms with E-state index in [1.54, 1.807) is 31.2 Å². The van der Waals surface area contributed by atoms with E-state index in [0.717, 1.165) is 5.56 Å². The van der Waals surface area contributed by atoms with Crippen LogP contribution in [0.1, 0.15) is 17.2 Å². The molecule has 2 nitrogen and oxygen atoms in total. The normalized spacial score (nSPS) is 12.2. The van der Waals surface area contributed by atoms with Crippen molar-refractivity contribution < 1.29 is 13.5 Å². The Morgan fingerprint density at radius 1 is 1.11 bits per heavy atom. The predicted octanol–water partition coefficient (Wildman–Crippen LogP) is 3.35. The molecule has 2 N–H and O–H groups in total. The number of aryl methyl sites for hydroxylation is 1. The van der Waals surface area contributed by atoms with Crippen LogP contribution in [0.3, 0.4) is 0 Å². The first kappa shape index (κ1) is 13.5. The van der Waals surface area contributed by atoms with Crippen molar-refractivity contribution in [1.82, 2.24) is 0 Å². The zero-order valence-corrected chi connectivity index (χ0v) is 10.6. The molecule has 19 heavy (non-hydrogen) atoms. The highest BCUT2D eigenvalue weighted by Gasteiger charge is 2.12. The molecule has 0 aliphatic rings. The number of hydrogen-bond donors (Lipinski definition) is 1. The first-order valence-electron chi connectivity index (χ1n) is 5.98. The maximum absolute atomic E-state index is 13.4. The van der Waals surface area contributed by atoms with Crippen molar-refractivity contribution in [2.45, 2.75) is 13.0 Å². The molecule has 1 unspecified atom stereocenters. The Morgan fingerprint density at radius 3 is 2.37 bits per heavy atom. The molecular formula is C15H15F2NO. The lowest BCUT2D eigenvalue weighted by Crippen LogP contribution is -2.18. The van der Waals surface area contributed by atoms with Gasteiger partial charge in [0, 0.05) is 12.6 Å². The van der Waals surface area contributed by atoms with Crippen molar-refractivity contribution in [2.75, 3.05) is 6.54 Å². The van der Waals surface area contributed by atoms with Gasteiger partial charge < -0.3 is 10.5 Å². The summed E-state index contributed by atoms with van der Waals surface area (Å²) < 4.78 is 31.9. The van der Waals surface area contributed by atoms with E-state index in [1.807, 2.05) is 0 Å². The number of halogens is 2. The fourth-order valence-corrected chi connectivity index (χ4v) is 1.74. The van der Waals surface area contributed by atoms with Gasteiger partial charge in [-0.1, -0.05) is 18.2 Å². The van der Waals surface area contributed by atoms with Gasteiger partial charge in [0.1, 0.15) is 23.5 Å². The van der Waals surface area contributed by atoms with E-state index < -0.39 is 6.10 Å². The lowest BCUT2D eigenvalue weighted by atomic mass is 10.1. The van der Waals surface area contributed by atoms with Crippen LogP contribution < -0.4 is 10.5 Å². The number of ether oxygens (including phenoxy) is 1. The van der Waals surface area contributed by atoms with Gasteiger partial charge >= 0.3 is 0 Å². The van der Waals surface area contributed by atoms with E-state index in [2.05, 4.69) is 0 Å². The van der Waals surface area contributed by atoms with Crippen LogP contribution in [0.15, 0.2) is 42.5 Å². The van der Waals surface area contributed by atoms with Gasteiger partial charge in [-0.2, -0.15) is 0 Å². The van der Waals surface area contributed by atoms with Crippen LogP contribution in [0.25, 0.3) is 0 Å². The van der Waals surface area contributed by atoms with E-state index >= 15 is 0 Å². The van der Waals surface area contributed by atoms with Crippen LogP contribution >= 0.6 is 0 Å². The van der Waals surface area contributed by atoms with Crippen molar-refractivity contribution in [2.24, 2.45) is 5.73 Å². The van der Waals surface area contributed by atoms with Gasteiger partial charge in [0.2, 0.25) is 0 Å². The van der Waals surface area contributed by atoms with Crippen molar-refractivity contribution in [1.29, 1.82) is 0 Å². The quantitative estimate of drug-likeness (QED) is 0.918. The largest absolute Gasteiger partial charge is 0.484 e. The molecular weight excluding hydrogens is 248 g/mol. The SMILES string of the molecule is Cc1ccc(OC(CN)c2ccc(F)cc2)cc1F. The average Bonchev–Trinajstić information content (AvgIpc) is 2.41. The molecule has 100 valence electrons. The van der Waals surface area contributed by atoms with E-state index in [-0.39, 0.29) is 18.2 Å². The standard InChI is InChI=1S/C15H15F2NO/c1-10-2-7-13(8-14(10)17)19-15(9-18)11-3-5-12(16)6-4-11/h2-8,15H,9,18H2,1H3. The Bertz CT molecular complexity index is 555. The van der Waals surface area contributed by atoms with Gasteiger partial charge in [0.05, 0.1) is 0 Å². The van der Waals surface area contributed by atoms with E-state index in [0.29, 0.717) is 11.3 Å². The fourth-order valence-electron chi connectivity index (χ4n) is 1.74. The highest BCUT2D eigenvalue weighted by Crippen LogP contribution is 2.23. The van der Waals surface area contributed by atoms with E-state index in [4.69, 9.17) is 10.5 Å². The highest BCUT2D eigenvalue weighted by atomic mass is 19.1. The Hall–Kier alpha value is -1.94. The predicted molar refractivity (Wildman–Crippen MR) is 70.0 cm³/mol. The summed E-state index contributed by atoms with van der Waals surface area (Å²) in [6.07, 6.45) is -0.428.